The van der Waals surface area contributed by atoms with Crippen molar-refractivity contribution in [2.75, 3.05) is 0 Å². The molecule has 0 N–H and O–H groups in total. The standard InChI is InChI=1S/C20H14ClF2N3OS/c1-12-4-5-14(21)10-17(12)26-19(18-3-2-8-27-18)24-25-20(26)28-11-13-9-15(22)6-7-16(13)23/h2-10H,11H2,1H3. The number of aryl methyl sites for hydroxylation is 1. The third-order valence-electron chi connectivity index (χ3n) is 4.15. The molecule has 142 valence electrons. The van der Waals surface area contributed by atoms with E-state index >= 15 is 0 Å². The van der Waals surface area contributed by atoms with Crippen molar-refractivity contribution < 1.29 is 13.2 Å². The van der Waals surface area contributed by atoms with Crippen LogP contribution in [0.3, 0.4) is 0 Å². The van der Waals surface area contributed by atoms with E-state index in [0.29, 0.717) is 21.8 Å². The number of rotatable bonds is 5. The van der Waals surface area contributed by atoms with Crippen LogP contribution in [-0.4, -0.2) is 14.8 Å². The molecule has 0 aliphatic carbocycles. The van der Waals surface area contributed by atoms with E-state index in [-0.39, 0.29) is 11.3 Å². The molecule has 0 spiro atoms. The van der Waals surface area contributed by atoms with Crippen LogP contribution in [-0.2, 0) is 5.75 Å². The van der Waals surface area contributed by atoms with Crippen LogP contribution in [0, 0.1) is 18.6 Å². The Labute approximate surface area is 169 Å². The molecule has 0 aliphatic rings. The summed E-state index contributed by atoms with van der Waals surface area (Å²) >= 11 is 7.45. The van der Waals surface area contributed by atoms with Gasteiger partial charge in [-0.3, -0.25) is 4.57 Å². The van der Waals surface area contributed by atoms with Gasteiger partial charge in [-0.2, -0.15) is 0 Å². The van der Waals surface area contributed by atoms with Crippen molar-refractivity contribution >= 4 is 23.4 Å². The van der Waals surface area contributed by atoms with Gasteiger partial charge < -0.3 is 4.42 Å². The maximum absolute atomic E-state index is 14.0. The molecule has 0 saturated heterocycles. The van der Waals surface area contributed by atoms with Gasteiger partial charge >= 0.3 is 0 Å². The highest BCUT2D eigenvalue weighted by molar-refractivity contribution is 7.98. The second-order valence-electron chi connectivity index (χ2n) is 6.07. The first-order chi connectivity index (χ1) is 13.5. The Morgan fingerprint density at radius 2 is 1.96 bits per heavy atom. The van der Waals surface area contributed by atoms with Crippen LogP contribution in [0.1, 0.15) is 11.1 Å². The third kappa shape index (κ3) is 3.68. The Bertz CT molecular complexity index is 1130. The first kappa shape index (κ1) is 18.7. The van der Waals surface area contributed by atoms with Crippen molar-refractivity contribution in [3.63, 3.8) is 0 Å². The highest BCUT2D eigenvalue weighted by atomic mass is 35.5. The summed E-state index contributed by atoms with van der Waals surface area (Å²) in [5.74, 6) is 0.276. The minimum Gasteiger partial charge on any atom is -0.461 e. The smallest absolute Gasteiger partial charge is 0.205 e. The van der Waals surface area contributed by atoms with E-state index in [0.717, 1.165) is 23.4 Å². The lowest BCUT2D eigenvalue weighted by Crippen LogP contribution is -2.02. The molecular weight excluding hydrogens is 404 g/mol. The number of benzene rings is 2. The van der Waals surface area contributed by atoms with Gasteiger partial charge in [0.25, 0.3) is 0 Å². The summed E-state index contributed by atoms with van der Waals surface area (Å²) < 4.78 is 34.7. The summed E-state index contributed by atoms with van der Waals surface area (Å²) in [6.07, 6.45) is 1.55. The first-order valence-corrected chi connectivity index (χ1v) is 9.72. The lowest BCUT2D eigenvalue weighted by atomic mass is 10.2. The fourth-order valence-corrected chi connectivity index (χ4v) is 3.85. The molecule has 0 bridgehead atoms. The summed E-state index contributed by atoms with van der Waals surface area (Å²) in [6, 6.07) is 12.4. The Morgan fingerprint density at radius 3 is 2.75 bits per heavy atom. The highest BCUT2D eigenvalue weighted by Crippen LogP contribution is 2.32. The number of furan rings is 1. The van der Waals surface area contributed by atoms with E-state index in [2.05, 4.69) is 10.2 Å². The molecule has 4 nitrogen and oxygen atoms in total. The van der Waals surface area contributed by atoms with Crippen molar-refractivity contribution in [3.8, 4) is 17.3 Å². The minimum atomic E-state index is -0.486. The fourth-order valence-electron chi connectivity index (χ4n) is 2.77. The molecular formula is C20H14ClF2N3OS. The zero-order valence-electron chi connectivity index (χ0n) is 14.7. The average Bonchev–Trinajstić information content (AvgIpc) is 3.34. The van der Waals surface area contributed by atoms with Crippen LogP contribution in [0.4, 0.5) is 8.78 Å². The highest BCUT2D eigenvalue weighted by Gasteiger charge is 2.20. The Balaban J connectivity index is 1.77. The van der Waals surface area contributed by atoms with Crippen molar-refractivity contribution in [1.29, 1.82) is 0 Å². The summed E-state index contributed by atoms with van der Waals surface area (Å²) in [5.41, 5.74) is 1.99. The van der Waals surface area contributed by atoms with Gasteiger partial charge in [0.2, 0.25) is 5.82 Å². The largest absolute Gasteiger partial charge is 0.461 e. The average molecular weight is 418 g/mol. The van der Waals surface area contributed by atoms with Crippen LogP contribution in [0.2, 0.25) is 5.02 Å². The van der Waals surface area contributed by atoms with Gasteiger partial charge in [-0.1, -0.05) is 29.4 Å². The van der Waals surface area contributed by atoms with Crippen LogP contribution in [0.25, 0.3) is 17.3 Å². The molecule has 28 heavy (non-hydrogen) atoms. The van der Waals surface area contributed by atoms with E-state index in [9.17, 15) is 8.78 Å². The van der Waals surface area contributed by atoms with Gasteiger partial charge in [-0.15, -0.1) is 10.2 Å². The van der Waals surface area contributed by atoms with Gasteiger partial charge in [-0.05, 0) is 55.0 Å². The maximum Gasteiger partial charge on any atom is 0.205 e. The third-order valence-corrected chi connectivity index (χ3v) is 5.36. The number of nitrogens with zero attached hydrogens (tertiary/aromatic N) is 3. The second kappa shape index (κ2) is 7.77. The molecule has 4 aromatic rings. The molecule has 0 unspecified atom stereocenters. The number of halogens is 3. The van der Waals surface area contributed by atoms with Crippen molar-refractivity contribution in [1.82, 2.24) is 14.8 Å². The molecule has 2 aromatic carbocycles. The normalized spacial score (nSPS) is 11.1. The second-order valence-corrected chi connectivity index (χ2v) is 7.45. The lowest BCUT2D eigenvalue weighted by molar-refractivity contribution is 0.575. The van der Waals surface area contributed by atoms with Crippen molar-refractivity contribution in [2.45, 2.75) is 17.8 Å². The minimum absolute atomic E-state index is 0.194. The number of aromatic nitrogens is 3. The Kier molecular flexibility index (Phi) is 5.19. The quantitative estimate of drug-likeness (QED) is 0.370. The fraction of sp³-hybridized carbons (Fsp3) is 0.100. The van der Waals surface area contributed by atoms with Gasteiger partial charge in [0.05, 0.1) is 12.0 Å². The van der Waals surface area contributed by atoms with E-state index < -0.39 is 11.6 Å². The van der Waals surface area contributed by atoms with Crippen LogP contribution in [0.15, 0.2) is 64.4 Å². The number of hydrogen-bond acceptors (Lipinski definition) is 4. The summed E-state index contributed by atoms with van der Waals surface area (Å²) in [5, 5.41) is 9.56. The molecule has 0 atom stereocenters. The van der Waals surface area contributed by atoms with Crippen LogP contribution < -0.4 is 0 Å². The Hall–Kier alpha value is -2.64. The molecule has 0 aliphatic heterocycles. The van der Waals surface area contributed by atoms with Gasteiger partial charge in [0, 0.05) is 16.3 Å². The van der Waals surface area contributed by atoms with Gasteiger partial charge in [0.15, 0.2) is 10.9 Å². The van der Waals surface area contributed by atoms with Crippen molar-refractivity contribution in [2.24, 2.45) is 0 Å². The monoisotopic (exact) mass is 417 g/mol. The molecule has 0 saturated carbocycles. The van der Waals surface area contributed by atoms with E-state index in [4.69, 9.17) is 16.0 Å². The topological polar surface area (TPSA) is 43.9 Å². The molecule has 0 fully saturated rings. The zero-order valence-corrected chi connectivity index (χ0v) is 16.3. The summed E-state index contributed by atoms with van der Waals surface area (Å²) in [7, 11) is 0. The summed E-state index contributed by atoms with van der Waals surface area (Å²) in [4.78, 5) is 0. The maximum atomic E-state index is 14.0. The number of hydrogen-bond donors (Lipinski definition) is 0. The zero-order chi connectivity index (χ0) is 19.7. The van der Waals surface area contributed by atoms with E-state index in [1.165, 1.54) is 17.8 Å². The molecule has 2 heterocycles. The first-order valence-electron chi connectivity index (χ1n) is 8.35. The Morgan fingerprint density at radius 1 is 1.11 bits per heavy atom. The molecule has 4 rings (SSSR count). The SMILES string of the molecule is Cc1ccc(Cl)cc1-n1c(SCc2cc(F)ccc2F)nnc1-c1ccco1. The summed E-state index contributed by atoms with van der Waals surface area (Å²) in [6.45, 7) is 1.94. The van der Waals surface area contributed by atoms with E-state index in [1.807, 2.05) is 17.6 Å². The van der Waals surface area contributed by atoms with Gasteiger partial charge in [0.1, 0.15) is 11.6 Å². The molecule has 8 heteroatoms. The molecule has 0 amide bonds. The van der Waals surface area contributed by atoms with Crippen LogP contribution in [0.5, 0.6) is 0 Å². The predicted molar refractivity (Wildman–Crippen MR) is 105 cm³/mol. The van der Waals surface area contributed by atoms with Gasteiger partial charge in [-0.25, -0.2) is 8.78 Å². The number of thioether (sulfide) groups is 1. The van der Waals surface area contributed by atoms with Crippen LogP contribution >= 0.6 is 23.4 Å². The van der Waals surface area contributed by atoms with Crippen molar-refractivity contribution in [3.05, 3.63) is 82.6 Å². The van der Waals surface area contributed by atoms with E-state index in [1.54, 1.807) is 30.5 Å². The molecule has 2 aromatic heterocycles. The molecule has 0 radical (unpaired) electrons. The predicted octanol–water partition coefficient (Wildman–Crippen LogP) is 6.06. The lowest BCUT2D eigenvalue weighted by Gasteiger charge is -2.12.